The average Bonchev–Trinajstić information content (AvgIpc) is 3.02. The van der Waals surface area contributed by atoms with Crippen molar-refractivity contribution in [1.29, 1.82) is 0 Å². The fourth-order valence-electron chi connectivity index (χ4n) is 4.27. The molecule has 0 aromatic heterocycles. The Bertz CT molecular complexity index is 1500. The number of carbonyl (C=O) groups excluding carboxylic acids is 1. The zero-order valence-electron chi connectivity index (χ0n) is 24.1. The quantitative estimate of drug-likeness (QED) is 0.103. The molecule has 45 heavy (non-hydrogen) atoms. The molecule has 0 aliphatic rings. The van der Waals surface area contributed by atoms with Crippen LogP contribution in [0.25, 0.3) is 4.85 Å². The Balaban J connectivity index is 1.81. The van der Waals surface area contributed by atoms with Gasteiger partial charge in [0.25, 0.3) is 6.43 Å². The number of carbonyl (C=O) groups is 2. The van der Waals surface area contributed by atoms with E-state index in [0.717, 1.165) is 6.07 Å². The first-order valence-electron chi connectivity index (χ1n) is 13.6. The smallest absolute Gasteiger partial charge is 0.330 e. The number of amides is 1. The molecule has 3 aromatic carbocycles. The third-order valence-corrected chi connectivity index (χ3v) is 6.36. The molecule has 0 saturated carbocycles. The van der Waals surface area contributed by atoms with E-state index in [-0.39, 0.29) is 53.3 Å². The lowest BCUT2D eigenvalue weighted by atomic mass is 9.99. The molecule has 0 saturated heterocycles. The van der Waals surface area contributed by atoms with Gasteiger partial charge in [0, 0.05) is 36.0 Å². The summed E-state index contributed by atoms with van der Waals surface area (Å²) in [7, 11) is 1.56. The van der Waals surface area contributed by atoms with Crippen LogP contribution in [-0.4, -0.2) is 56.5 Å². The van der Waals surface area contributed by atoms with Crippen LogP contribution in [0, 0.1) is 12.4 Å². The number of alkyl halides is 4. The van der Waals surface area contributed by atoms with Crippen molar-refractivity contribution in [2.45, 2.75) is 38.0 Å². The molecule has 1 atom stereocenters. The van der Waals surface area contributed by atoms with Crippen LogP contribution in [0.5, 0.6) is 11.5 Å². The Kier molecular flexibility index (Phi) is 12.9. The predicted octanol–water partition coefficient (Wildman–Crippen LogP) is 6.24. The summed E-state index contributed by atoms with van der Waals surface area (Å²) >= 11 is 0. The molecule has 1 amide bonds. The van der Waals surface area contributed by atoms with Crippen LogP contribution in [0.4, 0.5) is 39.0 Å². The molecule has 1 unspecified atom stereocenters. The van der Waals surface area contributed by atoms with Crippen LogP contribution >= 0.6 is 0 Å². The third kappa shape index (κ3) is 10.1. The van der Waals surface area contributed by atoms with Crippen LogP contribution < -0.4 is 25.4 Å². The van der Waals surface area contributed by atoms with Crippen molar-refractivity contribution in [1.82, 2.24) is 5.32 Å². The molecule has 0 bridgehead atoms. The van der Waals surface area contributed by atoms with Gasteiger partial charge in [-0.15, -0.1) is 0 Å². The number of carboxylic acids is 1. The van der Waals surface area contributed by atoms with E-state index in [1.165, 1.54) is 36.4 Å². The monoisotopic (exact) mass is 634 g/mol. The van der Waals surface area contributed by atoms with Crippen LogP contribution in [0.15, 0.2) is 54.6 Å². The second-order valence-corrected chi connectivity index (χ2v) is 9.72. The predicted molar refractivity (Wildman–Crippen MR) is 157 cm³/mol. The molecular weight excluding hydrogens is 603 g/mol. The minimum atomic E-state index is -2.79. The number of halogens is 5. The van der Waals surface area contributed by atoms with Crippen molar-refractivity contribution < 1.29 is 46.1 Å². The minimum absolute atomic E-state index is 0.0246. The number of aryl methyl sites for hydroxylation is 1. The number of aliphatic carboxylic acids is 1. The summed E-state index contributed by atoms with van der Waals surface area (Å²) in [5.41, 5.74) is 1.53. The standard InChI is InChI=1S/C31H31F5N4O5/c1-37-16-20-12-23(13-25(34)30(20)45-24(14-32)15-33)39-28(41)10-4-18-11-19(3-9-26(18)44-17-27(35)36)29(31(42)43)40-22-7-5-21(38-2)6-8-22/h3,5-9,11-13,24,27,29,37,40H,4,10,14-17H2,1H3,(H,39,41)(H,42,43). The molecule has 0 aliphatic carbocycles. The maximum atomic E-state index is 14.9. The molecule has 3 aromatic rings. The van der Waals surface area contributed by atoms with Crippen molar-refractivity contribution in [2.75, 3.05) is 37.6 Å². The summed E-state index contributed by atoms with van der Waals surface area (Å²) in [6.45, 7) is 3.84. The SMILES string of the molecule is [C-]#[N+]c1ccc(NC(C(=O)O)c2ccc(OCC(F)F)c(CCC(=O)Nc3cc(F)c(OC(CF)CF)c(CNC)c3)c2)cc1. The van der Waals surface area contributed by atoms with Gasteiger partial charge in [0.15, 0.2) is 29.4 Å². The normalized spacial score (nSPS) is 11.6. The summed E-state index contributed by atoms with van der Waals surface area (Å²) in [5, 5.41) is 18.1. The first kappa shape index (κ1) is 34.6. The lowest BCUT2D eigenvalue weighted by molar-refractivity contribution is -0.138. The molecule has 0 spiro atoms. The van der Waals surface area contributed by atoms with Gasteiger partial charge in [0.2, 0.25) is 5.91 Å². The summed E-state index contributed by atoms with van der Waals surface area (Å²) in [6, 6.07) is 11.3. The molecular formula is C31H31F5N4O5. The van der Waals surface area contributed by atoms with Crippen LogP contribution in [0.2, 0.25) is 0 Å². The van der Waals surface area contributed by atoms with E-state index in [1.54, 1.807) is 19.2 Å². The van der Waals surface area contributed by atoms with Gasteiger partial charge in [-0.25, -0.2) is 31.6 Å². The van der Waals surface area contributed by atoms with E-state index in [9.17, 15) is 36.6 Å². The Hall–Kier alpha value is -4.90. The van der Waals surface area contributed by atoms with Crippen molar-refractivity contribution in [3.8, 4) is 11.5 Å². The molecule has 0 aliphatic heterocycles. The van der Waals surface area contributed by atoms with Crippen LogP contribution in [0.3, 0.4) is 0 Å². The number of nitrogens with zero attached hydrogens (tertiary/aromatic N) is 1. The fourth-order valence-corrected chi connectivity index (χ4v) is 4.27. The maximum absolute atomic E-state index is 14.9. The lowest BCUT2D eigenvalue weighted by Crippen LogP contribution is -2.23. The minimum Gasteiger partial charge on any atom is -0.487 e. The topological polar surface area (TPSA) is 113 Å². The summed E-state index contributed by atoms with van der Waals surface area (Å²) in [5.74, 6) is -3.12. The van der Waals surface area contributed by atoms with Crippen LogP contribution in [0.1, 0.15) is 29.2 Å². The summed E-state index contributed by atoms with van der Waals surface area (Å²) in [4.78, 5) is 28.3. The van der Waals surface area contributed by atoms with Gasteiger partial charge in [-0.2, -0.15) is 0 Å². The van der Waals surface area contributed by atoms with Crippen molar-refractivity contribution in [3.63, 3.8) is 0 Å². The molecule has 0 fully saturated rings. The van der Waals surface area contributed by atoms with Gasteiger partial charge in [-0.1, -0.05) is 18.2 Å². The highest BCUT2D eigenvalue weighted by atomic mass is 19.3. The van der Waals surface area contributed by atoms with E-state index < -0.39 is 56.2 Å². The van der Waals surface area contributed by atoms with Gasteiger partial charge in [0.05, 0.1) is 6.57 Å². The maximum Gasteiger partial charge on any atom is 0.330 e. The number of anilines is 2. The Morgan fingerprint density at radius 3 is 2.31 bits per heavy atom. The Morgan fingerprint density at radius 1 is 1.00 bits per heavy atom. The van der Waals surface area contributed by atoms with Gasteiger partial charge >= 0.3 is 5.97 Å². The number of carboxylic acid groups (broad SMARTS) is 1. The second kappa shape index (κ2) is 16.8. The van der Waals surface area contributed by atoms with E-state index >= 15 is 0 Å². The number of nitrogens with one attached hydrogen (secondary N) is 3. The summed E-state index contributed by atoms with van der Waals surface area (Å²) < 4.78 is 76.9. The highest BCUT2D eigenvalue weighted by Crippen LogP contribution is 2.30. The van der Waals surface area contributed by atoms with E-state index in [1.807, 2.05) is 0 Å². The van der Waals surface area contributed by atoms with Gasteiger partial charge in [-0.3, -0.25) is 4.79 Å². The average molecular weight is 635 g/mol. The van der Waals surface area contributed by atoms with Gasteiger partial charge < -0.3 is 30.5 Å². The summed E-state index contributed by atoms with van der Waals surface area (Å²) in [6.07, 6.45) is -4.57. The van der Waals surface area contributed by atoms with Crippen LogP contribution in [-0.2, 0) is 22.6 Å². The molecule has 240 valence electrons. The van der Waals surface area contributed by atoms with Gasteiger partial charge in [0.1, 0.15) is 25.7 Å². The number of benzene rings is 3. The molecule has 14 heteroatoms. The van der Waals surface area contributed by atoms with E-state index in [2.05, 4.69) is 20.8 Å². The van der Waals surface area contributed by atoms with E-state index in [4.69, 9.17) is 16.0 Å². The van der Waals surface area contributed by atoms with Crippen molar-refractivity contribution >= 4 is 28.9 Å². The fraction of sp³-hybridized carbons (Fsp3) is 0.323. The zero-order chi connectivity index (χ0) is 32.9. The number of hydrogen-bond donors (Lipinski definition) is 4. The molecule has 0 heterocycles. The first-order chi connectivity index (χ1) is 21.6. The highest BCUT2D eigenvalue weighted by Gasteiger charge is 2.23. The molecule has 4 N–H and O–H groups in total. The number of rotatable bonds is 17. The molecule has 0 radical (unpaired) electrons. The zero-order valence-corrected chi connectivity index (χ0v) is 24.1. The van der Waals surface area contributed by atoms with Crippen molar-refractivity contribution in [2.24, 2.45) is 0 Å². The number of hydrogen-bond acceptors (Lipinski definition) is 6. The van der Waals surface area contributed by atoms with Crippen molar-refractivity contribution in [3.05, 3.63) is 88.5 Å². The second-order valence-electron chi connectivity index (χ2n) is 9.72. The highest BCUT2D eigenvalue weighted by molar-refractivity contribution is 5.91. The molecule has 3 rings (SSSR count). The third-order valence-electron chi connectivity index (χ3n) is 6.36. The van der Waals surface area contributed by atoms with E-state index in [0.29, 0.717) is 11.4 Å². The largest absolute Gasteiger partial charge is 0.487 e. The Morgan fingerprint density at radius 2 is 1.71 bits per heavy atom. The first-order valence-corrected chi connectivity index (χ1v) is 13.6. The molecule has 9 nitrogen and oxygen atoms in total. The Labute approximate surface area is 256 Å². The number of ether oxygens (including phenoxy) is 2. The lowest BCUT2D eigenvalue weighted by Gasteiger charge is -2.19. The van der Waals surface area contributed by atoms with Gasteiger partial charge in [-0.05, 0) is 54.9 Å².